The molecule has 0 saturated carbocycles. The normalized spacial score (nSPS) is 11.2. The van der Waals surface area contributed by atoms with Gasteiger partial charge in [-0.05, 0) is 54.8 Å². The summed E-state index contributed by atoms with van der Waals surface area (Å²) in [5.41, 5.74) is 1.45. The molecular formula is C19H24N2O4S. The number of ether oxygens (including phenoxy) is 1. The zero-order valence-corrected chi connectivity index (χ0v) is 15.8. The van der Waals surface area contributed by atoms with Crippen molar-refractivity contribution >= 4 is 15.9 Å². The lowest BCUT2D eigenvalue weighted by atomic mass is 10.1. The standard InChI is InChI=1S/C19H24N2O4S/c1-3-13-20-19(22)16-6-10-18(11-7-16)26(23,24)21-14-12-15-4-8-17(25-2)9-5-15/h4-11,21H,3,12-14H2,1-2H3,(H,20,22). The van der Waals surface area contributed by atoms with Gasteiger partial charge < -0.3 is 10.1 Å². The number of carbonyl (C=O) groups excluding carboxylic acids is 1. The van der Waals surface area contributed by atoms with Crippen LogP contribution >= 0.6 is 0 Å². The van der Waals surface area contributed by atoms with Gasteiger partial charge in [0.1, 0.15) is 5.75 Å². The molecule has 0 saturated heterocycles. The number of sulfonamides is 1. The number of benzene rings is 2. The van der Waals surface area contributed by atoms with Crippen molar-refractivity contribution in [1.82, 2.24) is 10.0 Å². The predicted octanol–water partition coefficient (Wildman–Crippen LogP) is 2.36. The first-order valence-corrected chi connectivity index (χ1v) is 9.95. The molecule has 2 aromatic carbocycles. The fourth-order valence-electron chi connectivity index (χ4n) is 2.33. The summed E-state index contributed by atoms with van der Waals surface area (Å²) in [5.74, 6) is 0.556. The largest absolute Gasteiger partial charge is 0.497 e. The average molecular weight is 376 g/mol. The molecule has 0 bridgehead atoms. The third-order valence-electron chi connectivity index (χ3n) is 3.83. The summed E-state index contributed by atoms with van der Waals surface area (Å²) in [5, 5.41) is 2.75. The van der Waals surface area contributed by atoms with Crippen molar-refractivity contribution in [2.75, 3.05) is 20.2 Å². The van der Waals surface area contributed by atoms with Crippen molar-refractivity contribution < 1.29 is 17.9 Å². The summed E-state index contributed by atoms with van der Waals surface area (Å²) < 4.78 is 32.4. The molecule has 0 aromatic heterocycles. The summed E-state index contributed by atoms with van der Waals surface area (Å²) in [6.07, 6.45) is 1.41. The molecule has 1 amide bonds. The van der Waals surface area contributed by atoms with Gasteiger partial charge in [-0.3, -0.25) is 4.79 Å². The van der Waals surface area contributed by atoms with Gasteiger partial charge in [0.25, 0.3) is 5.91 Å². The Morgan fingerprint density at radius 1 is 1.00 bits per heavy atom. The maximum absolute atomic E-state index is 12.3. The number of carbonyl (C=O) groups is 1. The Balaban J connectivity index is 1.93. The molecule has 0 aliphatic rings. The highest BCUT2D eigenvalue weighted by Crippen LogP contribution is 2.13. The van der Waals surface area contributed by atoms with Crippen LogP contribution < -0.4 is 14.8 Å². The number of hydrogen-bond donors (Lipinski definition) is 2. The molecule has 0 aliphatic carbocycles. The van der Waals surface area contributed by atoms with Gasteiger partial charge in [0.2, 0.25) is 10.0 Å². The molecule has 2 aromatic rings. The molecule has 0 spiro atoms. The molecular weight excluding hydrogens is 352 g/mol. The zero-order valence-electron chi connectivity index (χ0n) is 15.0. The molecule has 26 heavy (non-hydrogen) atoms. The molecule has 0 radical (unpaired) electrons. The minimum atomic E-state index is -3.61. The fourth-order valence-corrected chi connectivity index (χ4v) is 3.36. The van der Waals surface area contributed by atoms with Crippen molar-refractivity contribution in [1.29, 1.82) is 0 Å². The molecule has 2 rings (SSSR count). The van der Waals surface area contributed by atoms with Gasteiger partial charge in [0.05, 0.1) is 12.0 Å². The van der Waals surface area contributed by atoms with Gasteiger partial charge in [0, 0.05) is 18.7 Å². The monoisotopic (exact) mass is 376 g/mol. The van der Waals surface area contributed by atoms with Crippen LogP contribution in [-0.2, 0) is 16.4 Å². The maximum Gasteiger partial charge on any atom is 0.251 e. The Hall–Kier alpha value is -2.38. The average Bonchev–Trinajstić information content (AvgIpc) is 2.66. The lowest BCUT2D eigenvalue weighted by Gasteiger charge is -2.08. The van der Waals surface area contributed by atoms with Crippen LogP contribution in [0.4, 0.5) is 0 Å². The number of amides is 1. The highest BCUT2D eigenvalue weighted by molar-refractivity contribution is 7.89. The highest BCUT2D eigenvalue weighted by Gasteiger charge is 2.14. The zero-order chi connectivity index (χ0) is 19.0. The molecule has 2 N–H and O–H groups in total. The lowest BCUT2D eigenvalue weighted by Crippen LogP contribution is -2.26. The van der Waals surface area contributed by atoms with Crippen LogP contribution in [0.2, 0.25) is 0 Å². The Kier molecular flexibility index (Phi) is 7.17. The van der Waals surface area contributed by atoms with E-state index in [-0.39, 0.29) is 17.3 Å². The van der Waals surface area contributed by atoms with E-state index < -0.39 is 10.0 Å². The summed E-state index contributed by atoms with van der Waals surface area (Å²) >= 11 is 0. The minimum absolute atomic E-state index is 0.138. The Bertz CT molecular complexity index is 816. The minimum Gasteiger partial charge on any atom is -0.497 e. The molecule has 7 heteroatoms. The molecule has 140 valence electrons. The van der Waals surface area contributed by atoms with Gasteiger partial charge in [-0.1, -0.05) is 19.1 Å². The third-order valence-corrected chi connectivity index (χ3v) is 5.30. The first kappa shape index (κ1) is 19.9. The first-order chi connectivity index (χ1) is 12.5. The van der Waals surface area contributed by atoms with E-state index in [0.29, 0.717) is 18.5 Å². The molecule has 0 heterocycles. The Labute approximate surface area is 154 Å². The SMILES string of the molecule is CCCNC(=O)c1ccc(S(=O)(=O)NCCc2ccc(OC)cc2)cc1. The smallest absolute Gasteiger partial charge is 0.251 e. The predicted molar refractivity (Wildman–Crippen MR) is 101 cm³/mol. The van der Waals surface area contributed by atoms with Gasteiger partial charge in [-0.2, -0.15) is 0 Å². The van der Waals surface area contributed by atoms with Crippen molar-refractivity contribution in [3.05, 3.63) is 59.7 Å². The lowest BCUT2D eigenvalue weighted by molar-refractivity contribution is 0.0953. The van der Waals surface area contributed by atoms with Crippen molar-refractivity contribution in [2.24, 2.45) is 0 Å². The number of hydrogen-bond acceptors (Lipinski definition) is 4. The second-order valence-electron chi connectivity index (χ2n) is 5.78. The molecule has 0 fully saturated rings. The number of rotatable bonds is 9. The van der Waals surface area contributed by atoms with E-state index >= 15 is 0 Å². The molecule has 0 aliphatic heterocycles. The Morgan fingerprint density at radius 3 is 2.23 bits per heavy atom. The summed E-state index contributed by atoms with van der Waals surface area (Å²) in [6.45, 7) is 2.84. The second-order valence-corrected chi connectivity index (χ2v) is 7.54. The van der Waals surface area contributed by atoms with Gasteiger partial charge >= 0.3 is 0 Å². The van der Waals surface area contributed by atoms with Crippen LogP contribution in [0.5, 0.6) is 5.75 Å². The maximum atomic E-state index is 12.3. The van der Waals surface area contributed by atoms with Crippen molar-refractivity contribution in [3.8, 4) is 5.75 Å². The fraction of sp³-hybridized carbons (Fsp3) is 0.316. The van der Waals surface area contributed by atoms with E-state index in [1.54, 1.807) is 7.11 Å². The molecule has 6 nitrogen and oxygen atoms in total. The van der Waals surface area contributed by atoms with Crippen molar-refractivity contribution in [3.63, 3.8) is 0 Å². The summed E-state index contributed by atoms with van der Waals surface area (Å²) in [4.78, 5) is 12.0. The number of methoxy groups -OCH3 is 1. The first-order valence-electron chi connectivity index (χ1n) is 8.47. The van der Waals surface area contributed by atoms with Crippen LogP contribution in [0.25, 0.3) is 0 Å². The van der Waals surface area contributed by atoms with E-state index in [0.717, 1.165) is 17.7 Å². The van der Waals surface area contributed by atoms with E-state index in [4.69, 9.17) is 4.74 Å². The summed E-state index contributed by atoms with van der Waals surface area (Å²) in [6, 6.07) is 13.4. The van der Waals surface area contributed by atoms with Gasteiger partial charge in [-0.15, -0.1) is 0 Å². The van der Waals surface area contributed by atoms with Crippen LogP contribution in [-0.4, -0.2) is 34.5 Å². The van der Waals surface area contributed by atoms with Crippen molar-refractivity contribution in [2.45, 2.75) is 24.7 Å². The second kappa shape index (κ2) is 9.35. The number of nitrogens with one attached hydrogen (secondary N) is 2. The quantitative estimate of drug-likeness (QED) is 0.704. The Morgan fingerprint density at radius 2 is 1.65 bits per heavy atom. The van der Waals surface area contributed by atoms with E-state index in [9.17, 15) is 13.2 Å². The summed E-state index contributed by atoms with van der Waals surface area (Å²) in [7, 11) is -2.01. The van der Waals surface area contributed by atoms with Gasteiger partial charge in [0.15, 0.2) is 0 Å². The van der Waals surface area contributed by atoms with Crippen LogP contribution in [0.3, 0.4) is 0 Å². The van der Waals surface area contributed by atoms with Crippen LogP contribution in [0.15, 0.2) is 53.4 Å². The van der Waals surface area contributed by atoms with Gasteiger partial charge in [-0.25, -0.2) is 13.1 Å². The highest BCUT2D eigenvalue weighted by atomic mass is 32.2. The van der Waals surface area contributed by atoms with E-state index in [2.05, 4.69) is 10.0 Å². The van der Waals surface area contributed by atoms with E-state index in [1.165, 1.54) is 24.3 Å². The molecule has 0 unspecified atom stereocenters. The van der Waals surface area contributed by atoms with Crippen LogP contribution in [0.1, 0.15) is 29.3 Å². The topological polar surface area (TPSA) is 84.5 Å². The van der Waals surface area contributed by atoms with E-state index in [1.807, 2.05) is 31.2 Å². The third kappa shape index (κ3) is 5.57. The van der Waals surface area contributed by atoms with Crippen LogP contribution in [0, 0.1) is 0 Å². The molecule has 0 atom stereocenters.